The van der Waals surface area contributed by atoms with Crippen molar-refractivity contribution in [3.8, 4) is 0 Å². The van der Waals surface area contributed by atoms with E-state index in [9.17, 15) is 23.9 Å². The van der Waals surface area contributed by atoms with E-state index >= 15 is 8.78 Å². The van der Waals surface area contributed by atoms with E-state index in [2.05, 4.69) is 0 Å². The first kappa shape index (κ1) is 24.9. The molecule has 0 unspecified atom stereocenters. The lowest BCUT2D eigenvalue weighted by Gasteiger charge is -2.62. The average molecular weight is 485 g/mol. The number of rotatable bonds is 3. The quantitative estimate of drug-likeness (QED) is 0.615. The summed E-state index contributed by atoms with van der Waals surface area (Å²) in [4.78, 5) is 37.5. The minimum Gasteiger partial charge on any atom is -0.466 e. The van der Waals surface area contributed by atoms with E-state index in [0.717, 1.165) is 19.3 Å². The molecule has 3 saturated carbocycles. The summed E-state index contributed by atoms with van der Waals surface area (Å²) in [6, 6.07) is 0. The van der Waals surface area contributed by atoms with E-state index in [1.807, 2.05) is 0 Å². The number of allylic oxidation sites excluding steroid dienone is 4. The van der Waals surface area contributed by atoms with Crippen molar-refractivity contribution in [2.75, 3.05) is 7.11 Å². The van der Waals surface area contributed by atoms with Gasteiger partial charge in [-0.05, 0) is 38.2 Å². The van der Waals surface area contributed by atoms with Crippen LogP contribution < -0.4 is 0 Å². The van der Waals surface area contributed by atoms with Crippen molar-refractivity contribution in [1.29, 1.82) is 0 Å². The molecule has 9 heteroatoms. The average Bonchev–Trinajstić information content (AvgIpc) is 3.00. The van der Waals surface area contributed by atoms with E-state index in [1.165, 1.54) is 6.92 Å². The molecule has 0 bridgehead atoms. The second kappa shape index (κ2) is 7.67. The maximum Gasteiger partial charge on any atom is 0.351 e. The number of alkyl halides is 2. The van der Waals surface area contributed by atoms with Crippen LogP contribution in [0.25, 0.3) is 0 Å². The highest BCUT2D eigenvalue weighted by atomic mass is 19.2. The highest BCUT2D eigenvalue weighted by Gasteiger charge is 2.79. The standard InChI is InChI=1S/C25H31F3O6/c1-6-18(31)34-25(21(32)33-5)12(2)9-13-14-10-15(26)19-20(27)16(29)7-8-22(19,3)24(14,28)17(30)11-23(13,25)4/h7-8,12-15,17,30H,6,9-11H2,1-5H3/t12-,13+,14+,15+,17+,22+,23+,24+,25+/m1/s1. The normalized spacial score (nSPS) is 47.6. The summed E-state index contributed by atoms with van der Waals surface area (Å²) in [5.41, 5.74) is -8.05. The van der Waals surface area contributed by atoms with Crippen molar-refractivity contribution in [3.05, 3.63) is 23.6 Å². The van der Waals surface area contributed by atoms with Crippen molar-refractivity contribution in [1.82, 2.24) is 0 Å². The molecule has 1 N–H and O–H groups in total. The van der Waals surface area contributed by atoms with Crippen molar-refractivity contribution >= 4 is 17.7 Å². The molecule has 4 aliphatic carbocycles. The van der Waals surface area contributed by atoms with Gasteiger partial charge in [-0.1, -0.05) is 26.8 Å². The summed E-state index contributed by atoms with van der Waals surface area (Å²) < 4.78 is 58.3. The predicted octanol–water partition coefficient (Wildman–Crippen LogP) is 3.71. The molecule has 9 atom stereocenters. The predicted molar refractivity (Wildman–Crippen MR) is 114 cm³/mol. The SMILES string of the molecule is CCC(=O)O[C@]1(C(=O)OC)[C@H](C)C[C@H]2[C@@H]3C[C@H](F)C4=C(F)C(=O)C=C[C@]4(C)[C@@]3(F)[C@@H](O)C[C@@]21C. The molecule has 188 valence electrons. The molecule has 0 aliphatic heterocycles. The number of aliphatic hydroxyl groups excluding tert-OH is 1. The van der Waals surface area contributed by atoms with Crippen molar-refractivity contribution in [2.24, 2.45) is 28.6 Å². The lowest BCUT2D eigenvalue weighted by Crippen LogP contribution is -2.71. The highest BCUT2D eigenvalue weighted by Crippen LogP contribution is 2.72. The lowest BCUT2D eigenvalue weighted by molar-refractivity contribution is -0.238. The Labute approximate surface area is 196 Å². The van der Waals surface area contributed by atoms with Gasteiger partial charge in [0.25, 0.3) is 0 Å². The summed E-state index contributed by atoms with van der Waals surface area (Å²) in [5.74, 6) is -6.24. The zero-order valence-corrected chi connectivity index (χ0v) is 20.0. The van der Waals surface area contributed by atoms with Crippen LogP contribution in [0.1, 0.15) is 53.4 Å². The van der Waals surface area contributed by atoms with Crippen molar-refractivity contribution in [3.63, 3.8) is 0 Å². The lowest BCUT2D eigenvalue weighted by atomic mass is 9.44. The zero-order chi connectivity index (χ0) is 25.4. The van der Waals surface area contributed by atoms with E-state index in [0.29, 0.717) is 0 Å². The van der Waals surface area contributed by atoms with Gasteiger partial charge in [0.15, 0.2) is 11.5 Å². The third kappa shape index (κ3) is 2.70. The molecule has 0 radical (unpaired) electrons. The minimum absolute atomic E-state index is 0.0118. The molecule has 6 nitrogen and oxygen atoms in total. The third-order valence-corrected chi connectivity index (χ3v) is 9.30. The van der Waals surface area contributed by atoms with Crippen LogP contribution in [0.4, 0.5) is 13.2 Å². The Morgan fingerprint density at radius 3 is 2.47 bits per heavy atom. The largest absolute Gasteiger partial charge is 0.466 e. The molecule has 0 aromatic rings. The third-order valence-electron chi connectivity index (χ3n) is 9.30. The Kier molecular flexibility index (Phi) is 5.63. The Morgan fingerprint density at radius 2 is 1.88 bits per heavy atom. The zero-order valence-electron chi connectivity index (χ0n) is 20.0. The fourth-order valence-corrected chi connectivity index (χ4v) is 7.71. The van der Waals surface area contributed by atoms with Crippen LogP contribution in [-0.2, 0) is 23.9 Å². The molecular weight excluding hydrogens is 453 g/mol. The molecule has 0 aromatic heterocycles. The molecule has 0 saturated heterocycles. The number of hydrogen-bond donors (Lipinski definition) is 1. The maximum atomic E-state index is 17.2. The number of ether oxygens (including phenoxy) is 2. The van der Waals surface area contributed by atoms with Gasteiger partial charge in [0, 0.05) is 34.7 Å². The molecule has 0 heterocycles. The molecule has 4 rings (SSSR count). The maximum absolute atomic E-state index is 17.2. The summed E-state index contributed by atoms with van der Waals surface area (Å²) in [6.07, 6.45) is -2.25. The van der Waals surface area contributed by atoms with Gasteiger partial charge >= 0.3 is 11.9 Å². The first-order valence-electron chi connectivity index (χ1n) is 11.7. The number of halogens is 3. The van der Waals surface area contributed by atoms with Crippen LogP contribution in [0.15, 0.2) is 23.6 Å². The number of methoxy groups -OCH3 is 1. The topological polar surface area (TPSA) is 89.9 Å². The fraction of sp³-hybridized carbons (Fsp3) is 0.720. The number of esters is 2. The monoisotopic (exact) mass is 484 g/mol. The first-order valence-corrected chi connectivity index (χ1v) is 11.7. The van der Waals surface area contributed by atoms with Crippen molar-refractivity contribution in [2.45, 2.75) is 76.9 Å². The molecule has 4 aliphatic rings. The van der Waals surface area contributed by atoms with E-state index in [-0.39, 0.29) is 19.3 Å². The van der Waals surface area contributed by atoms with E-state index < -0.39 is 87.7 Å². The Bertz CT molecular complexity index is 1010. The molecular formula is C25H31F3O6. The number of carbonyl (C=O) groups excluding carboxylic acids is 3. The fourth-order valence-electron chi connectivity index (χ4n) is 7.71. The first-order chi connectivity index (χ1) is 15.8. The Balaban J connectivity index is 1.90. The number of ketones is 1. The van der Waals surface area contributed by atoms with Crippen LogP contribution in [0.2, 0.25) is 0 Å². The van der Waals surface area contributed by atoms with Gasteiger partial charge in [-0.2, -0.15) is 0 Å². The Hall–Kier alpha value is -2.16. The second-order valence-corrected chi connectivity index (χ2v) is 10.6. The van der Waals surface area contributed by atoms with Gasteiger partial charge in [0.2, 0.25) is 11.4 Å². The van der Waals surface area contributed by atoms with E-state index in [1.54, 1.807) is 20.8 Å². The van der Waals surface area contributed by atoms with Crippen LogP contribution in [-0.4, -0.2) is 53.5 Å². The molecule has 34 heavy (non-hydrogen) atoms. The molecule has 3 fully saturated rings. The van der Waals surface area contributed by atoms with Gasteiger partial charge in [0.1, 0.15) is 6.17 Å². The van der Waals surface area contributed by atoms with Gasteiger partial charge in [0.05, 0.1) is 13.2 Å². The van der Waals surface area contributed by atoms with Gasteiger partial charge in [-0.15, -0.1) is 0 Å². The number of carbonyl (C=O) groups is 3. The van der Waals surface area contributed by atoms with Crippen LogP contribution in [0, 0.1) is 28.6 Å². The summed E-state index contributed by atoms with van der Waals surface area (Å²) in [7, 11) is 1.16. The van der Waals surface area contributed by atoms with E-state index in [4.69, 9.17) is 9.47 Å². The van der Waals surface area contributed by atoms with Crippen LogP contribution in [0.3, 0.4) is 0 Å². The molecule has 0 aromatic carbocycles. The summed E-state index contributed by atoms with van der Waals surface area (Å²) in [6.45, 7) is 6.21. The van der Waals surface area contributed by atoms with Gasteiger partial charge < -0.3 is 14.6 Å². The summed E-state index contributed by atoms with van der Waals surface area (Å²) >= 11 is 0. The molecule has 0 spiro atoms. The number of hydrogen-bond acceptors (Lipinski definition) is 6. The molecule has 0 amide bonds. The minimum atomic E-state index is -2.51. The van der Waals surface area contributed by atoms with Crippen LogP contribution in [0.5, 0.6) is 0 Å². The highest BCUT2D eigenvalue weighted by molar-refractivity contribution is 6.04. The second-order valence-electron chi connectivity index (χ2n) is 10.6. The Morgan fingerprint density at radius 1 is 1.24 bits per heavy atom. The van der Waals surface area contributed by atoms with Crippen LogP contribution >= 0.6 is 0 Å². The number of aliphatic hydroxyl groups is 1. The number of fused-ring (bicyclic) bond motifs is 5. The smallest absolute Gasteiger partial charge is 0.351 e. The van der Waals surface area contributed by atoms with Crippen molar-refractivity contribution < 1.29 is 42.1 Å². The van der Waals surface area contributed by atoms with Gasteiger partial charge in [-0.25, -0.2) is 18.0 Å². The summed E-state index contributed by atoms with van der Waals surface area (Å²) in [5, 5.41) is 11.3. The van der Waals surface area contributed by atoms with Gasteiger partial charge in [-0.3, -0.25) is 9.59 Å².